The topological polar surface area (TPSA) is 64.5 Å². The molecule has 0 aliphatic rings. The van der Waals surface area contributed by atoms with Crippen LogP contribution in [0.15, 0.2) is 35.4 Å². The van der Waals surface area contributed by atoms with E-state index in [1.807, 2.05) is 0 Å². The molecule has 2 aromatic heterocycles. The van der Waals surface area contributed by atoms with E-state index in [0.717, 1.165) is 4.90 Å². The molecule has 2 heterocycles. The molecule has 2 rings (SSSR count). The van der Waals surface area contributed by atoms with Crippen LogP contribution in [0.5, 0.6) is 5.88 Å². The van der Waals surface area contributed by atoms with Crippen molar-refractivity contribution in [3.63, 3.8) is 0 Å². The molecule has 0 bridgehead atoms. The predicted molar refractivity (Wildman–Crippen MR) is 90.6 cm³/mol. The highest BCUT2D eigenvalue weighted by atomic mass is 32.1. The van der Waals surface area contributed by atoms with Gasteiger partial charge in [0.05, 0.1) is 23.9 Å². The minimum atomic E-state index is -0.786. The van der Waals surface area contributed by atoms with Crippen LogP contribution in [0.3, 0.4) is 0 Å². The van der Waals surface area contributed by atoms with Crippen molar-refractivity contribution >= 4 is 30.2 Å². The van der Waals surface area contributed by atoms with Crippen molar-refractivity contribution in [1.82, 2.24) is 9.97 Å². The molecule has 0 spiro atoms. The number of ether oxygens (including phenoxy) is 2. The first-order valence-electron chi connectivity index (χ1n) is 7.10. The van der Waals surface area contributed by atoms with E-state index >= 15 is 0 Å². The van der Waals surface area contributed by atoms with Crippen LogP contribution < -0.4 is 9.64 Å². The normalized spacial score (nSPS) is 11.1. The first kappa shape index (κ1) is 18.0. The molecule has 0 aliphatic carbocycles. The fraction of sp³-hybridized carbons (Fsp3) is 0.312. The number of nitrogens with zero attached hydrogens (tertiary/aromatic N) is 3. The number of amides is 1. The maximum atomic E-state index is 13.8. The van der Waals surface area contributed by atoms with Crippen molar-refractivity contribution < 1.29 is 18.7 Å². The highest BCUT2D eigenvalue weighted by Gasteiger charge is 2.26. The minimum absolute atomic E-state index is 0.0616. The summed E-state index contributed by atoms with van der Waals surface area (Å²) in [6, 6.07) is 6.06. The first-order chi connectivity index (χ1) is 11.2. The fourth-order valence-electron chi connectivity index (χ4n) is 1.81. The maximum Gasteiger partial charge on any atom is 0.420 e. The third-order valence-electron chi connectivity index (χ3n) is 2.81. The number of methoxy groups -OCH3 is 1. The summed E-state index contributed by atoms with van der Waals surface area (Å²) in [5.74, 6) is -0.342. The lowest BCUT2D eigenvalue weighted by molar-refractivity contribution is 0.0598. The Hall–Kier alpha value is -2.35. The lowest BCUT2D eigenvalue weighted by atomic mass is 10.2. The third kappa shape index (κ3) is 4.35. The molecule has 128 valence electrons. The van der Waals surface area contributed by atoms with Crippen LogP contribution in [-0.4, -0.2) is 28.8 Å². The molecular weight excluding hydrogens is 333 g/mol. The second kappa shape index (κ2) is 7.04. The molecule has 2 aromatic rings. The number of anilines is 2. The van der Waals surface area contributed by atoms with E-state index in [-0.39, 0.29) is 10.7 Å². The number of thiol groups is 1. The molecule has 0 radical (unpaired) electrons. The summed E-state index contributed by atoms with van der Waals surface area (Å²) in [7, 11) is 1.48. The van der Waals surface area contributed by atoms with Crippen LogP contribution in [-0.2, 0) is 4.74 Å². The Balaban J connectivity index is 2.47. The van der Waals surface area contributed by atoms with Crippen molar-refractivity contribution in [1.29, 1.82) is 0 Å². The highest BCUT2D eigenvalue weighted by Crippen LogP contribution is 2.28. The Morgan fingerprint density at radius 2 is 1.96 bits per heavy atom. The van der Waals surface area contributed by atoms with E-state index in [4.69, 9.17) is 9.47 Å². The van der Waals surface area contributed by atoms with Crippen LogP contribution in [0, 0.1) is 5.95 Å². The highest BCUT2D eigenvalue weighted by molar-refractivity contribution is 7.80. The van der Waals surface area contributed by atoms with Gasteiger partial charge in [-0.25, -0.2) is 19.7 Å². The standard InChI is InChI=1S/C16H18FN3O3S/c1-16(2,3)23-15(21)20(10-5-8-13(22-4)18-9-10)12-7-6-11(24)14(17)19-12/h5-9,24H,1-4H3. The summed E-state index contributed by atoms with van der Waals surface area (Å²) >= 11 is 3.95. The molecule has 0 fully saturated rings. The van der Waals surface area contributed by atoms with Crippen LogP contribution in [0.1, 0.15) is 20.8 Å². The van der Waals surface area contributed by atoms with Crippen LogP contribution >= 0.6 is 12.6 Å². The smallest absolute Gasteiger partial charge is 0.420 e. The lowest BCUT2D eigenvalue weighted by Crippen LogP contribution is -2.34. The van der Waals surface area contributed by atoms with Gasteiger partial charge in [0.15, 0.2) is 0 Å². The molecule has 0 saturated heterocycles. The van der Waals surface area contributed by atoms with Crippen molar-refractivity contribution in [2.24, 2.45) is 0 Å². The summed E-state index contributed by atoms with van der Waals surface area (Å²) in [6.45, 7) is 5.21. The van der Waals surface area contributed by atoms with Gasteiger partial charge in [0.2, 0.25) is 11.8 Å². The predicted octanol–water partition coefficient (Wildman–Crippen LogP) is 3.99. The van der Waals surface area contributed by atoms with E-state index in [0.29, 0.717) is 11.6 Å². The molecule has 0 aromatic carbocycles. The number of rotatable bonds is 3. The molecule has 0 unspecified atom stereocenters. The Bertz CT molecular complexity index is 732. The molecular formula is C16H18FN3O3S. The summed E-state index contributed by atoms with van der Waals surface area (Å²) in [5, 5.41) is 0. The molecule has 24 heavy (non-hydrogen) atoms. The number of carbonyl (C=O) groups excluding carboxylic acids is 1. The van der Waals surface area contributed by atoms with Crippen molar-refractivity contribution in [2.45, 2.75) is 31.3 Å². The second-order valence-electron chi connectivity index (χ2n) is 5.85. The fourth-order valence-corrected chi connectivity index (χ4v) is 1.93. The number of aromatic nitrogens is 2. The molecule has 1 amide bonds. The molecule has 0 aliphatic heterocycles. The SMILES string of the molecule is COc1ccc(N(C(=O)OC(C)(C)C)c2ccc(S)c(F)n2)cn1. The molecule has 0 saturated carbocycles. The van der Waals surface area contributed by atoms with E-state index in [1.165, 1.54) is 25.4 Å². The van der Waals surface area contributed by atoms with Gasteiger partial charge in [-0.05, 0) is 39.0 Å². The quantitative estimate of drug-likeness (QED) is 0.669. The Kier molecular flexibility index (Phi) is 5.28. The van der Waals surface area contributed by atoms with E-state index in [1.54, 1.807) is 32.9 Å². The largest absolute Gasteiger partial charge is 0.481 e. The monoisotopic (exact) mass is 351 g/mol. The lowest BCUT2D eigenvalue weighted by Gasteiger charge is -2.26. The van der Waals surface area contributed by atoms with Gasteiger partial charge in [0.25, 0.3) is 0 Å². The van der Waals surface area contributed by atoms with Gasteiger partial charge >= 0.3 is 6.09 Å². The van der Waals surface area contributed by atoms with E-state index in [9.17, 15) is 9.18 Å². The number of hydrogen-bond donors (Lipinski definition) is 1. The summed E-state index contributed by atoms with van der Waals surface area (Å²) in [6.07, 6.45) is 0.713. The number of pyridine rings is 2. The zero-order chi connectivity index (χ0) is 17.9. The number of hydrogen-bond acceptors (Lipinski definition) is 6. The van der Waals surface area contributed by atoms with Crippen molar-refractivity contribution in [2.75, 3.05) is 12.0 Å². The van der Waals surface area contributed by atoms with Crippen molar-refractivity contribution in [3.8, 4) is 5.88 Å². The van der Waals surface area contributed by atoms with Crippen LogP contribution in [0.25, 0.3) is 0 Å². The maximum absolute atomic E-state index is 13.8. The average Bonchev–Trinajstić information content (AvgIpc) is 2.50. The minimum Gasteiger partial charge on any atom is -0.481 e. The summed E-state index contributed by atoms with van der Waals surface area (Å²) < 4.78 is 24.2. The van der Waals surface area contributed by atoms with Gasteiger partial charge in [-0.15, -0.1) is 12.6 Å². The Labute approximate surface area is 145 Å². The van der Waals surface area contributed by atoms with Crippen LogP contribution in [0.4, 0.5) is 20.7 Å². The van der Waals surface area contributed by atoms with E-state index in [2.05, 4.69) is 22.6 Å². The molecule has 6 nitrogen and oxygen atoms in total. The van der Waals surface area contributed by atoms with Gasteiger partial charge in [-0.2, -0.15) is 4.39 Å². The summed E-state index contributed by atoms with van der Waals surface area (Å²) in [5.41, 5.74) is -0.360. The van der Waals surface area contributed by atoms with Crippen LogP contribution in [0.2, 0.25) is 0 Å². The zero-order valence-electron chi connectivity index (χ0n) is 13.8. The van der Waals surface area contributed by atoms with Gasteiger partial charge in [-0.3, -0.25) is 0 Å². The zero-order valence-corrected chi connectivity index (χ0v) is 14.7. The van der Waals surface area contributed by atoms with Gasteiger partial charge in [0.1, 0.15) is 11.4 Å². The number of carbonyl (C=O) groups is 1. The molecule has 8 heteroatoms. The average molecular weight is 351 g/mol. The first-order valence-corrected chi connectivity index (χ1v) is 7.54. The Morgan fingerprint density at radius 3 is 2.46 bits per heavy atom. The molecule has 0 N–H and O–H groups in total. The Morgan fingerprint density at radius 1 is 1.25 bits per heavy atom. The van der Waals surface area contributed by atoms with Gasteiger partial charge in [0, 0.05) is 6.07 Å². The van der Waals surface area contributed by atoms with E-state index < -0.39 is 17.6 Å². The van der Waals surface area contributed by atoms with Crippen molar-refractivity contribution in [3.05, 3.63) is 36.4 Å². The molecule has 0 atom stereocenters. The van der Waals surface area contributed by atoms with Gasteiger partial charge in [-0.1, -0.05) is 0 Å². The second-order valence-corrected chi connectivity index (χ2v) is 6.34. The number of halogens is 1. The third-order valence-corrected chi connectivity index (χ3v) is 3.14. The van der Waals surface area contributed by atoms with Gasteiger partial charge < -0.3 is 9.47 Å². The summed E-state index contributed by atoms with van der Waals surface area (Å²) in [4.78, 5) is 21.6.